The van der Waals surface area contributed by atoms with Gasteiger partial charge in [-0.05, 0) is 37.5 Å². The maximum Gasteiger partial charge on any atom is 0.244 e. The van der Waals surface area contributed by atoms with Crippen LogP contribution in [0.3, 0.4) is 0 Å². The van der Waals surface area contributed by atoms with Crippen LogP contribution in [0.25, 0.3) is 0 Å². The number of hydrogen-bond acceptors (Lipinski definition) is 4. The van der Waals surface area contributed by atoms with Gasteiger partial charge in [-0.1, -0.05) is 55.5 Å². The highest BCUT2D eigenvalue weighted by Crippen LogP contribution is 2.17. The Morgan fingerprint density at radius 3 is 2.13 bits per heavy atom. The zero-order valence-corrected chi connectivity index (χ0v) is 19.1. The third kappa shape index (κ3) is 7.40. The molecule has 2 aromatic carbocycles. The van der Waals surface area contributed by atoms with E-state index in [0.717, 1.165) is 22.5 Å². The number of amides is 2. The SMILES string of the molecule is CCCNC(=O)C(C)N(CCc1ccccc1)C(=O)CN(c1ccccc1)S(C)(=O)=O. The Bertz CT molecular complexity index is 949. The molecule has 2 amide bonds. The summed E-state index contributed by atoms with van der Waals surface area (Å²) in [5, 5.41) is 2.82. The molecule has 0 spiro atoms. The molecule has 0 saturated carbocycles. The minimum absolute atomic E-state index is 0.256. The molecule has 0 aliphatic rings. The van der Waals surface area contributed by atoms with Gasteiger partial charge in [-0.25, -0.2) is 8.42 Å². The Hall–Kier alpha value is -2.87. The molecule has 1 atom stereocenters. The van der Waals surface area contributed by atoms with E-state index in [2.05, 4.69) is 5.32 Å². The standard InChI is InChI=1S/C23H31N3O4S/c1-4-16-24-23(28)19(2)25(17-15-20-11-7-5-8-12-20)22(27)18-26(31(3,29)30)21-13-9-6-10-14-21/h5-14,19H,4,15-18H2,1-3H3,(H,24,28). The van der Waals surface area contributed by atoms with Crippen molar-refractivity contribution in [2.24, 2.45) is 0 Å². The van der Waals surface area contributed by atoms with Crippen molar-refractivity contribution >= 4 is 27.5 Å². The number of nitrogens with one attached hydrogen (secondary N) is 1. The first kappa shape index (κ1) is 24.4. The number of carbonyl (C=O) groups excluding carboxylic acids is 2. The van der Waals surface area contributed by atoms with Crippen molar-refractivity contribution in [2.75, 3.05) is 30.2 Å². The van der Waals surface area contributed by atoms with E-state index in [1.807, 2.05) is 37.3 Å². The molecule has 0 aliphatic carbocycles. The minimum atomic E-state index is -3.69. The van der Waals surface area contributed by atoms with Gasteiger partial charge in [0, 0.05) is 13.1 Å². The molecular formula is C23H31N3O4S. The fourth-order valence-electron chi connectivity index (χ4n) is 3.17. The third-order valence-corrected chi connectivity index (χ3v) is 6.06. The van der Waals surface area contributed by atoms with Gasteiger partial charge in [-0.2, -0.15) is 0 Å². The number of anilines is 1. The highest BCUT2D eigenvalue weighted by atomic mass is 32.2. The topological polar surface area (TPSA) is 86.8 Å². The molecule has 0 aliphatic heterocycles. The first-order valence-corrected chi connectivity index (χ1v) is 12.2. The molecule has 0 heterocycles. The molecule has 2 rings (SSSR count). The van der Waals surface area contributed by atoms with Gasteiger partial charge < -0.3 is 10.2 Å². The maximum absolute atomic E-state index is 13.3. The Balaban J connectivity index is 2.25. The van der Waals surface area contributed by atoms with Gasteiger partial charge in [0.05, 0.1) is 11.9 Å². The minimum Gasteiger partial charge on any atom is -0.354 e. The predicted octanol–water partition coefficient (Wildman–Crippen LogP) is 2.44. The van der Waals surface area contributed by atoms with Crippen LogP contribution in [0.2, 0.25) is 0 Å². The Labute approximate surface area is 185 Å². The van der Waals surface area contributed by atoms with Gasteiger partial charge in [0.25, 0.3) is 0 Å². The second-order valence-corrected chi connectivity index (χ2v) is 9.30. The molecule has 2 aromatic rings. The highest BCUT2D eigenvalue weighted by Gasteiger charge is 2.29. The number of nitrogens with zero attached hydrogens (tertiary/aromatic N) is 2. The quantitative estimate of drug-likeness (QED) is 0.576. The third-order valence-electron chi connectivity index (χ3n) is 4.92. The van der Waals surface area contributed by atoms with Crippen molar-refractivity contribution in [3.63, 3.8) is 0 Å². The zero-order valence-electron chi connectivity index (χ0n) is 18.3. The number of rotatable bonds is 11. The summed E-state index contributed by atoms with van der Waals surface area (Å²) in [7, 11) is -3.69. The van der Waals surface area contributed by atoms with Crippen molar-refractivity contribution < 1.29 is 18.0 Å². The average Bonchev–Trinajstić information content (AvgIpc) is 2.76. The fourth-order valence-corrected chi connectivity index (χ4v) is 4.02. The molecule has 168 valence electrons. The number of para-hydroxylation sites is 1. The van der Waals surface area contributed by atoms with Gasteiger partial charge in [-0.3, -0.25) is 13.9 Å². The summed E-state index contributed by atoms with van der Waals surface area (Å²) in [5.41, 5.74) is 1.44. The predicted molar refractivity (Wildman–Crippen MR) is 123 cm³/mol. The first-order chi connectivity index (χ1) is 14.7. The monoisotopic (exact) mass is 445 g/mol. The van der Waals surface area contributed by atoms with E-state index in [0.29, 0.717) is 25.2 Å². The summed E-state index contributed by atoms with van der Waals surface area (Å²) in [6.45, 7) is 4.07. The van der Waals surface area contributed by atoms with Gasteiger partial charge in [0.2, 0.25) is 21.8 Å². The van der Waals surface area contributed by atoms with Crippen LogP contribution in [0, 0.1) is 0 Å². The highest BCUT2D eigenvalue weighted by molar-refractivity contribution is 7.92. The summed E-state index contributed by atoms with van der Waals surface area (Å²) in [4.78, 5) is 27.3. The van der Waals surface area contributed by atoms with Crippen molar-refractivity contribution in [1.82, 2.24) is 10.2 Å². The van der Waals surface area contributed by atoms with Crippen LogP contribution >= 0.6 is 0 Å². The number of benzene rings is 2. The number of carbonyl (C=O) groups is 2. The van der Waals surface area contributed by atoms with Crippen LogP contribution in [-0.2, 0) is 26.0 Å². The normalized spacial score (nSPS) is 12.1. The van der Waals surface area contributed by atoms with Crippen molar-refractivity contribution in [1.29, 1.82) is 0 Å². The van der Waals surface area contributed by atoms with E-state index in [1.54, 1.807) is 37.3 Å². The van der Waals surface area contributed by atoms with Gasteiger partial charge in [-0.15, -0.1) is 0 Å². The van der Waals surface area contributed by atoms with Gasteiger partial charge in [0.15, 0.2) is 0 Å². The van der Waals surface area contributed by atoms with Crippen LogP contribution in [-0.4, -0.2) is 57.1 Å². The number of hydrogen-bond donors (Lipinski definition) is 1. The average molecular weight is 446 g/mol. The molecule has 0 fully saturated rings. The molecule has 1 unspecified atom stereocenters. The van der Waals surface area contributed by atoms with Crippen molar-refractivity contribution in [3.05, 3.63) is 66.2 Å². The Morgan fingerprint density at radius 1 is 1.00 bits per heavy atom. The van der Waals surface area contributed by atoms with Crippen molar-refractivity contribution in [3.8, 4) is 0 Å². The zero-order chi connectivity index (χ0) is 22.9. The summed E-state index contributed by atoms with van der Waals surface area (Å²) in [6.07, 6.45) is 2.41. The van der Waals surface area contributed by atoms with Crippen LogP contribution in [0.15, 0.2) is 60.7 Å². The van der Waals surface area contributed by atoms with Crippen LogP contribution in [0.1, 0.15) is 25.8 Å². The number of sulfonamides is 1. The lowest BCUT2D eigenvalue weighted by atomic mass is 10.1. The lowest BCUT2D eigenvalue weighted by Crippen LogP contribution is -2.52. The lowest BCUT2D eigenvalue weighted by molar-refractivity contribution is -0.138. The Kier molecular flexibility index (Phi) is 9.05. The Morgan fingerprint density at radius 2 is 1.58 bits per heavy atom. The summed E-state index contributed by atoms with van der Waals surface area (Å²) in [6, 6.07) is 17.4. The second-order valence-electron chi connectivity index (χ2n) is 7.39. The molecular weight excluding hydrogens is 414 g/mol. The molecule has 7 nitrogen and oxygen atoms in total. The second kappa shape index (κ2) is 11.5. The van der Waals surface area contributed by atoms with Gasteiger partial charge >= 0.3 is 0 Å². The first-order valence-electron chi connectivity index (χ1n) is 10.4. The van der Waals surface area contributed by atoms with E-state index in [1.165, 1.54) is 4.90 Å². The van der Waals surface area contributed by atoms with Gasteiger partial charge in [0.1, 0.15) is 12.6 Å². The van der Waals surface area contributed by atoms with Crippen molar-refractivity contribution in [2.45, 2.75) is 32.7 Å². The van der Waals surface area contributed by atoms with E-state index in [-0.39, 0.29) is 12.5 Å². The van der Waals surface area contributed by atoms with Crippen LogP contribution < -0.4 is 9.62 Å². The smallest absolute Gasteiger partial charge is 0.244 e. The largest absolute Gasteiger partial charge is 0.354 e. The molecule has 31 heavy (non-hydrogen) atoms. The van der Waals surface area contributed by atoms with Crippen LogP contribution in [0.4, 0.5) is 5.69 Å². The van der Waals surface area contributed by atoms with E-state index in [4.69, 9.17) is 0 Å². The molecule has 0 bridgehead atoms. The van der Waals surface area contributed by atoms with E-state index >= 15 is 0 Å². The van der Waals surface area contributed by atoms with E-state index in [9.17, 15) is 18.0 Å². The molecule has 1 N–H and O–H groups in total. The summed E-state index contributed by atoms with van der Waals surface area (Å²) < 4.78 is 25.9. The summed E-state index contributed by atoms with van der Waals surface area (Å²) >= 11 is 0. The fraction of sp³-hybridized carbons (Fsp3) is 0.391. The molecule has 8 heteroatoms. The van der Waals surface area contributed by atoms with Crippen LogP contribution in [0.5, 0.6) is 0 Å². The lowest BCUT2D eigenvalue weighted by Gasteiger charge is -2.31. The maximum atomic E-state index is 13.3. The summed E-state index contributed by atoms with van der Waals surface area (Å²) in [5.74, 6) is -0.682. The molecule has 0 radical (unpaired) electrons. The molecule has 0 aromatic heterocycles. The van der Waals surface area contributed by atoms with E-state index < -0.39 is 22.0 Å². The molecule has 0 saturated heterocycles.